The molecule has 2 rings (SSSR count). The second-order valence-electron chi connectivity index (χ2n) is 5.32. The molecule has 3 unspecified atom stereocenters. The smallest absolute Gasteiger partial charge is 0.123 e. The number of piperidine rings is 1. The Morgan fingerprint density at radius 3 is 2.84 bits per heavy atom. The van der Waals surface area contributed by atoms with Crippen molar-refractivity contribution in [2.24, 2.45) is 11.7 Å². The second-order valence-corrected chi connectivity index (χ2v) is 5.32. The number of nitrogens with two attached hydrogens (primary N) is 1. The van der Waals surface area contributed by atoms with E-state index >= 15 is 0 Å². The van der Waals surface area contributed by atoms with Crippen molar-refractivity contribution < 1.29 is 9.84 Å². The SMILES string of the molecule is COc1ccccc1C(CN)N1CCC(C)C(O)C1. The maximum absolute atomic E-state index is 10.1. The van der Waals surface area contributed by atoms with E-state index in [2.05, 4.69) is 17.9 Å². The number of aliphatic hydroxyl groups is 1. The van der Waals surface area contributed by atoms with Gasteiger partial charge in [-0.2, -0.15) is 0 Å². The van der Waals surface area contributed by atoms with Gasteiger partial charge in [0.1, 0.15) is 5.75 Å². The average Bonchev–Trinajstić information content (AvgIpc) is 2.44. The van der Waals surface area contributed by atoms with E-state index in [1.165, 1.54) is 0 Å². The van der Waals surface area contributed by atoms with Gasteiger partial charge in [0.25, 0.3) is 0 Å². The summed E-state index contributed by atoms with van der Waals surface area (Å²) in [6.07, 6.45) is 0.741. The van der Waals surface area contributed by atoms with Crippen molar-refractivity contribution in [3.63, 3.8) is 0 Å². The Morgan fingerprint density at radius 2 is 2.21 bits per heavy atom. The molecular formula is C15H24N2O2. The summed E-state index contributed by atoms with van der Waals surface area (Å²) in [5.74, 6) is 1.23. The Kier molecular flexibility index (Phi) is 4.80. The van der Waals surface area contributed by atoms with E-state index in [1.54, 1.807) is 7.11 Å². The Morgan fingerprint density at radius 1 is 1.47 bits per heavy atom. The summed E-state index contributed by atoms with van der Waals surface area (Å²) in [6, 6.07) is 8.09. The Hall–Kier alpha value is -1.10. The molecule has 4 heteroatoms. The summed E-state index contributed by atoms with van der Waals surface area (Å²) in [6.45, 7) is 4.28. The van der Waals surface area contributed by atoms with E-state index in [0.29, 0.717) is 19.0 Å². The van der Waals surface area contributed by atoms with Crippen molar-refractivity contribution in [3.8, 4) is 5.75 Å². The van der Waals surface area contributed by atoms with Gasteiger partial charge in [0.2, 0.25) is 0 Å². The van der Waals surface area contributed by atoms with Crippen LogP contribution in [0.25, 0.3) is 0 Å². The number of methoxy groups -OCH3 is 1. The minimum Gasteiger partial charge on any atom is -0.496 e. The molecule has 1 aliphatic rings. The van der Waals surface area contributed by atoms with Gasteiger partial charge in [-0.15, -0.1) is 0 Å². The average molecular weight is 264 g/mol. The lowest BCUT2D eigenvalue weighted by Crippen LogP contribution is -2.46. The number of hydrogen-bond donors (Lipinski definition) is 2. The van der Waals surface area contributed by atoms with Crippen molar-refractivity contribution in [3.05, 3.63) is 29.8 Å². The topological polar surface area (TPSA) is 58.7 Å². The lowest BCUT2D eigenvalue weighted by molar-refractivity contribution is 0.0107. The highest BCUT2D eigenvalue weighted by Gasteiger charge is 2.30. The van der Waals surface area contributed by atoms with E-state index < -0.39 is 0 Å². The molecule has 0 spiro atoms. The number of rotatable bonds is 4. The van der Waals surface area contributed by atoms with Crippen LogP contribution in [0.3, 0.4) is 0 Å². The summed E-state index contributed by atoms with van der Waals surface area (Å²) >= 11 is 0. The Labute approximate surface area is 115 Å². The first-order valence-electron chi connectivity index (χ1n) is 6.92. The van der Waals surface area contributed by atoms with Crippen LogP contribution in [0.2, 0.25) is 0 Å². The molecule has 0 radical (unpaired) electrons. The molecule has 106 valence electrons. The maximum atomic E-state index is 10.1. The first-order chi connectivity index (χ1) is 9.17. The highest BCUT2D eigenvalue weighted by molar-refractivity contribution is 5.36. The molecule has 0 aromatic heterocycles. The molecule has 4 nitrogen and oxygen atoms in total. The number of likely N-dealkylation sites (tertiary alicyclic amines) is 1. The molecule has 0 bridgehead atoms. The third kappa shape index (κ3) is 3.08. The van der Waals surface area contributed by atoms with Crippen LogP contribution in [-0.2, 0) is 0 Å². The highest BCUT2D eigenvalue weighted by Crippen LogP contribution is 2.31. The van der Waals surface area contributed by atoms with Gasteiger partial charge in [0.05, 0.1) is 19.3 Å². The molecule has 3 N–H and O–H groups in total. The van der Waals surface area contributed by atoms with Crippen molar-refractivity contribution in [1.29, 1.82) is 0 Å². The molecule has 0 aliphatic carbocycles. The van der Waals surface area contributed by atoms with Gasteiger partial charge in [0, 0.05) is 18.7 Å². The fraction of sp³-hybridized carbons (Fsp3) is 0.600. The molecular weight excluding hydrogens is 240 g/mol. The van der Waals surface area contributed by atoms with Gasteiger partial charge in [-0.3, -0.25) is 4.90 Å². The van der Waals surface area contributed by atoms with Crippen LogP contribution in [0, 0.1) is 5.92 Å². The molecule has 19 heavy (non-hydrogen) atoms. The summed E-state index contributed by atoms with van der Waals surface area (Å²) in [7, 11) is 1.68. The van der Waals surface area contributed by atoms with Gasteiger partial charge in [-0.05, 0) is 24.9 Å². The van der Waals surface area contributed by atoms with Gasteiger partial charge in [-0.25, -0.2) is 0 Å². The predicted octanol–water partition coefficient (Wildman–Crippen LogP) is 1.40. The normalized spacial score (nSPS) is 26.1. The zero-order valence-corrected chi connectivity index (χ0v) is 11.7. The number of hydrogen-bond acceptors (Lipinski definition) is 4. The molecule has 0 saturated carbocycles. The zero-order chi connectivity index (χ0) is 13.8. The van der Waals surface area contributed by atoms with Gasteiger partial charge < -0.3 is 15.6 Å². The summed E-state index contributed by atoms with van der Waals surface area (Å²) in [5, 5.41) is 10.1. The minimum absolute atomic E-state index is 0.110. The van der Waals surface area contributed by atoms with Gasteiger partial charge in [-0.1, -0.05) is 25.1 Å². The van der Waals surface area contributed by atoms with Crippen LogP contribution in [0.5, 0.6) is 5.75 Å². The van der Waals surface area contributed by atoms with E-state index in [1.807, 2.05) is 18.2 Å². The van der Waals surface area contributed by atoms with Crippen molar-refractivity contribution >= 4 is 0 Å². The lowest BCUT2D eigenvalue weighted by Gasteiger charge is -2.39. The molecule has 1 heterocycles. The summed E-state index contributed by atoms with van der Waals surface area (Å²) in [4.78, 5) is 2.27. The van der Waals surface area contributed by atoms with Crippen LogP contribution in [0.4, 0.5) is 0 Å². The van der Waals surface area contributed by atoms with E-state index in [9.17, 15) is 5.11 Å². The molecule has 1 saturated heterocycles. The standard InChI is InChI=1S/C15H24N2O2/c1-11-7-8-17(10-14(11)18)13(9-16)12-5-3-4-6-15(12)19-2/h3-6,11,13-14,18H,7-10,16H2,1-2H3. The maximum Gasteiger partial charge on any atom is 0.123 e. The monoisotopic (exact) mass is 264 g/mol. The van der Waals surface area contributed by atoms with Gasteiger partial charge >= 0.3 is 0 Å². The van der Waals surface area contributed by atoms with Crippen LogP contribution < -0.4 is 10.5 Å². The lowest BCUT2D eigenvalue weighted by atomic mass is 9.93. The molecule has 3 atom stereocenters. The first-order valence-corrected chi connectivity index (χ1v) is 6.92. The third-order valence-electron chi connectivity index (χ3n) is 4.11. The number of aliphatic hydroxyl groups excluding tert-OH is 1. The largest absolute Gasteiger partial charge is 0.496 e. The molecule has 0 amide bonds. The number of para-hydroxylation sites is 1. The van der Waals surface area contributed by atoms with E-state index in [0.717, 1.165) is 24.3 Å². The van der Waals surface area contributed by atoms with Crippen LogP contribution >= 0.6 is 0 Å². The molecule has 1 aliphatic heterocycles. The minimum atomic E-state index is -0.266. The van der Waals surface area contributed by atoms with Gasteiger partial charge in [0.15, 0.2) is 0 Å². The van der Waals surface area contributed by atoms with Crippen LogP contribution in [0.1, 0.15) is 24.9 Å². The van der Waals surface area contributed by atoms with Crippen molar-refractivity contribution in [1.82, 2.24) is 4.90 Å². The summed E-state index contributed by atoms with van der Waals surface area (Å²) < 4.78 is 5.42. The second kappa shape index (κ2) is 6.37. The van der Waals surface area contributed by atoms with Crippen molar-refractivity contribution in [2.75, 3.05) is 26.7 Å². The van der Waals surface area contributed by atoms with Crippen LogP contribution in [0.15, 0.2) is 24.3 Å². The predicted molar refractivity (Wildman–Crippen MR) is 76.2 cm³/mol. The van der Waals surface area contributed by atoms with Crippen molar-refractivity contribution in [2.45, 2.75) is 25.5 Å². The number of benzene rings is 1. The Bertz CT molecular complexity index is 411. The fourth-order valence-corrected chi connectivity index (χ4v) is 2.77. The van der Waals surface area contributed by atoms with E-state index in [4.69, 9.17) is 10.5 Å². The van der Waals surface area contributed by atoms with Crippen LogP contribution in [-0.4, -0.2) is 42.9 Å². The highest BCUT2D eigenvalue weighted by atomic mass is 16.5. The first kappa shape index (κ1) is 14.3. The quantitative estimate of drug-likeness (QED) is 0.863. The zero-order valence-electron chi connectivity index (χ0n) is 11.7. The number of ether oxygens (including phenoxy) is 1. The summed E-state index contributed by atoms with van der Waals surface area (Å²) in [5.41, 5.74) is 7.07. The Balaban J connectivity index is 2.20. The molecule has 1 aromatic rings. The molecule has 1 fully saturated rings. The molecule has 1 aromatic carbocycles. The number of nitrogens with zero attached hydrogens (tertiary/aromatic N) is 1. The van der Waals surface area contributed by atoms with E-state index in [-0.39, 0.29) is 12.1 Å². The number of β-amino-alcohol motifs (C(OH)–C–C–N with tert-alkyl or cyclic N) is 1. The fourth-order valence-electron chi connectivity index (χ4n) is 2.77. The third-order valence-corrected chi connectivity index (χ3v) is 4.11.